The molecule has 120 valence electrons. The Balaban J connectivity index is 1.72. The zero-order valence-corrected chi connectivity index (χ0v) is 13.5. The molecular formula is C18H17N5O. The van der Waals surface area contributed by atoms with E-state index in [0.717, 1.165) is 28.1 Å². The smallest absolute Gasteiger partial charge is 0.263 e. The molecule has 0 fully saturated rings. The van der Waals surface area contributed by atoms with Crippen LogP contribution in [0.5, 0.6) is 5.75 Å². The molecule has 0 bridgehead atoms. The Labute approximate surface area is 140 Å². The Kier molecular flexibility index (Phi) is 4.76. The van der Waals surface area contributed by atoms with Crippen molar-refractivity contribution in [2.45, 2.75) is 6.92 Å². The lowest BCUT2D eigenvalue weighted by Crippen LogP contribution is -2.00. The van der Waals surface area contributed by atoms with Crippen molar-refractivity contribution < 1.29 is 4.74 Å². The van der Waals surface area contributed by atoms with Crippen LogP contribution in [-0.4, -0.2) is 28.5 Å². The van der Waals surface area contributed by atoms with Crippen molar-refractivity contribution in [3.05, 3.63) is 65.9 Å². The summed E-state index contributed by atoms with van der Waals surface area (Å²) in [4.78, 5) is 4.40. The van der Waals surface area contributed by atoms with E-state index >= 15 is 0 Å². The zero-order valence-electron chi connectivity index (χ0n) is 13.5. The standard InChI is InChI=1S/C18H17N5O/c1-13-10-14(8-9-17(13)24-2)11-19-22-18-21-16(12-20-23-18)15-6-4-3-5-7-15/h3-12H,1-2H3,(H,21,22,23)/b19-11+. The number of hydrogen-bond donors (Lipinski definition) is 1. The molecule has 1 N–H and O–H groups in total. The Bertz CT molecular complexity index is 849. The van der Waals surface area contributed by atoms with E-state index in [1.165, 1.54) is 0 Å². The molecule has 1 heterocycles. The zero-order chi connectivity index (χ0) is 16.8. The van der Waals surface area contributed by atoms with Gasteiger partial charge in [0.1, 0.15) is 5.75 Å². The molecule has 0 aliphatic carbocycles. The fourth-order valence-corrected chi connectivity index (χ4v) is 2.25. The minimum atomic E-state index is 0.345. The third-order valence-corrected chi connectivity index (χ3v) is 3.43. The molecule has 0 saturated heterocycles. The van der Waals surface area contributed by atoms with Gasteiger partial charge in [-0.25, -0.2) is 10.4 Å². The van der Waals surface area contributed by atoms with Gasteiger partial charge in [0.05, 0.1) is 25.2 Å². The SMILES string of the molecule is COc1ccc(/C=N/Nc2nncc(-c3ccccc3)n2)cc1C. The van der Waals surface area contributed by atoms with Crippen LogP contribution in [0.15, 0.2) is 59.8 Å². The summed E-state index contributed by atoms with van der Waals surface area (Å²) in [5.41, 5.74) is 6.52. The molecule has 3 aromatic rings. The fourth-order valence-electron chi connectivity index (χ4n) is 2.25. The Morgan fingerprint density at radius 1 is 1.12 bits per heavy atom. The topological polar surface area (TPSA) is 72.3 Å². The summed E-state index contributed by atoms with van der Waals surface area (Å²) in [5, 5.41) is 12.1. The van der Waals surface area contributed by atoms with Crippen molar-refractivity contribution in [1.82, 2.24) is 15.2 Å². The van der Waals surface area contributed by atoms with E-state index in [0.29, 0.717) is 5.95 Å². The number of rotatable bonds is 5. The normalized spacial score (nSPS) is 10.8. The molecule has 0 radical (unpaired) electrons. The first-order valence-corrected chi connectivity index (χ1v) is 7.45. The first-order valence-electron chi connectivity index (χ1n) is 7.45. The molecule has 0 unspecified atom stereocenters. The number of ether oxygens (including phenoxy) is 1. The van der Waals surface area contributed by atoms with Crippen LogP contribution in [0.2, 0.25) is 0 Å². The van der Waals surface area contributed by atoms with Crippen LogP contribution in [0.3, 0.4) is 0 Å². The Hall–Kier alpha value is -3.28. The third kappa shape index (κ3) is 3.73. The summed E-state index contributed by atoms with van der Waals surface area (Å²) >= 11 is 0. The van der Waals surface area contributed by atoms with E-state index < -0.39 is 0 Å². The first kappa shape index (κ1) is 15.6. The van der Waals surface area contributed by atoms with Crippen molar-refractivity contribution in [2.24, 2.45) is 5.10 Å². The average Bonchev–Trinajstić information content (AvgIpc) is 2.63. The van der Waals surface area contributed by atoms with Gasteiger partial charge >= 0.3 is 0 Å². The quantitative estimate of drug-likeness (QED) is 0.577. The molecule has 0 aliphatic rings. The largest absolute Gasteiger partial charge is 0.496 e. The van der Waals surface area contributed by atoms with Crippen LogP contribution >= 0.6 is 0 Å². The number of methoxy groups -OCH3 is 1. The maximum atomic E-state index is 5.24. The lowest BCUT2D eigenvalue weighted by atomic mass is 10.1. The number of nitrogens with one attached hydrogen (secondary N) is 1. The number of anilines is 1. The van der Waals surface area contributed by atoms with Crippen molar-refractivity contribution >= 4 is 12.2 Å². The number of aromatic nitrogens is 3. The highest BCUT2D eigenvalue weighted by Gasteiger charge is 2.02. The maximum absolute atomic E-state index is 5.24. The van der Waals surface area contributed by atoms with Gasteiger partial charge in [0.15, 0.2) is 0 Å². The second-order valence-corrected chi connectivity index (χ2v) is 5.13. The second-order valence-electron chi connectivity index (χ2n) is 5.13. The van der Waals surface area contributed by atoms with E-state index in [1.807, 2.05) is 55.5 Å². The van der Waals surface area contributed by atoms with Crippen molar-refractivity contribution in [2.75, 3.05) is 12.5 Å². The van der Waals surface area contributed by atoms with Gasteiger partial charge in [0.2, 0.25) is 0 Å². The van der Waals surface area contributed by atoms with Gasteiger partial charge < -0.3 is 4.74 Å². The number of aryl methyl sites for hydroxylation is 1. The molecule has 0 spiro atoms. The summed E-state index contributed by atoms with van der Waals surface area (Å²) in [6.45, 7) is 1.99. The van der Waals surface area contributed by atoms with Gasteiger partial charge in [-0.05, 0) is 36.2 Å². The predicted octanol–water partition coefficient (Wildman–Crippen LogP) is 3.30. The highest BCUT2D eigenvalue weighted by molar-refractivity contribution is 5.80. The molecule has 0 aliphatic heterocycles. The molecule has 0 saturated carbocycles. The molecule has 6 nitrogen and oxygen atoms in total. The lowest BCUT2D eigenvalue weighted by molar-refractivity contribution is 0.411. The summed E-state index contributed by atoms with van der Waals surface area (Å²) < 4.78 is 5.24. The Morgan fingerprint density at radius 3 is 2.71 bits per heavy atom. The van der Waals surface area contributed by atoms with Crippen LogP contribution in [0, 0.1) is 6.92 Å². The first-order chi connectivity index (χ1) is 11.8. The molecule has 6 heteroatoms. The monoisotopic (exact) mass is 319 g/mol. The molecule has 0 atom stereocenters. The van der Waals surface area contributed by atoms with Gasteiger partial charge in [0.25, 0.3) is 5.95 Å². The second kappa shape index (κ2) is 7.32. The Morgan fingerprint density at radius 2 is 1.96 bits per heavy atom. The van der Waals surface area contributed by atoms with Crippen molar-refractivity contribution in [3.63, 3.8) is 0 Å². The minimum Gasteiger partial charge on any atom is -0.496 e. The third-order valence-electron chi connectivity index (χ3n) is 3.43. The molecular weight excluding hydrogens is 302 g/mol. The van der Waals surface area contributed by atoms with Crippen LogP contribution in [-0.2, 0) is 0 Å². The number of hydrazone groups is 1. The summed E-state index contributed by atoms with van der Waals surface area (Å²) in [7, 11) is 1.65. The van der Waals surface area contributed by atoms with Gasteiger partial charge in [-0.2, -0.15) is 10.2 Å². The van der Waals surface area contributed by atoms with Crippen molar-refractivity contribution in [3.8, 4) is 17.0 Å². The molecule has 0 amide bonds. The number of nitrogens with zero attached hydrogens (tertiary/aromatic N) is 4. The maximum Gasteiger partial charge on any atom is 0.263 e. The summed E-state index contributed by atoms with van der Waals surface area (Å²) in [6.07, 6.45) is 3.32. The molecule has 3 rings (SSSR count). The number of hydrogen-bond acceptors (Lipinski definition) is 6. The van der Waals surface area contributed by atoms with Gasteiger partial charge in [-0.1, -0.05) is 30.3 Å². The van der Waals surface area contributed by atoms with Gasteiger partial charge in [-0.15, -0.1) is 5.10 Å². The van der Waals surface area contributed by atoms with E-state index in [1.54, 1.807) is 19.5 Å². The van der Waals surface area contributed by atoms with Crippen LogP contribution in [0.4, 0.5) is 5.95 Å². The number of benzene rings is 2. The minimum absolute atomic E-state index is 0.345. The molecule has 1 aromatic heterocycles. The van der Waals surface area contributed by atoms with E-state index in [4.69, 9.17) is 4.74 Å². The lowest BCUT2D eigenvalue weighted by Gasteiger charge is -2.04. The van der Waals surface area contributed by atoms with Gasteiger partial charge in [0, 0.05) is 5.56 Å². The van der Waals surface area contributed by atoms with Crippen molar-refractivity contribution in [1.29, 1.82) is 0 Å². The van der Waals surface area contributed by atoms with Crippen LogP contribution < -0.4 is 10.2 Å². The highest BCUT2D eigenvalue weighted by Crippen LogP contribution is 2.18. The van der Waals surface area contributed by atoms with Gasteiger partial charge in [-0.3, -0.25) is 0 Å². The molecule has 24 heavy (non-hydrogen) atoms. The van der Waals surface area contributed by atoms with Crippen LogP contribution in [0.25, 0.3) is 11.3 Å². The highest BCUT2D eigenvalue weighted by atomic mass is 16.5. The summed E-state index contributed by atoms with van der Waals surface area (Å²) in [6, 6.07) is 15.6. The van der Waals surface area contributed by atoms with E-state index in [2.05, 4.69) is 25.7 Å². The van der Waals surface area contributed by atoms with Crippen LogP contribution in [0.1, 0.15) is 11.1 Å². The van der Waals surface area contributed by atoms with E-state index in [-0.39, 0.29) is 0 Å². The fraction of sp³-hybridized carbons (Fsp3) is 0.111. The van der Waals surface area contributed by atoms with E-state index in [9.17, 15) is 0 Å². The molecule has 2 aromatic carbocycles. The summed E-state index contributed by atoms with van der Waals surface area (Å²) in [5.74, 6) is 1.20. The average molecular weight is 319 g/mol. The predicted molar refractivity (Wildman–Crippen MR) is 94.2 cm³/mol.